The van der Waals surface area contributed by atoms with E-state index in [9.17, 15) is 8.78 Å². The molecule has 2 heterocycles. The van der Waals surface area contributed by atoms with Crippen molar-refractivity contribution in [3.8, 4) is 11.5 Å². The topological polar surface area (TPSA) is 87.1 Å². The summed E-state index contributed by atoms with van der Waals surface area (Å²) in [5.74, 6) is 2.00. The number of piperazine rings is 1. The Morgan fingerprint density at radius 1 is 1.16 bits per heavy atom. The number of methoxy groups -OCH3 is 1. The average Bonchev–Trinajstić information content (AvgIpc) is 2.82. The number of alkyl halides is 2. The zero-order valence-corrected chi connectivity index (χ0v) is 18.3. The maximum absolute atomic E-state index is 12.7. The van der Waals surface area contributed by atoms with Crippen molar-refractivity contribution in [3.05, 3.63) is 42.2 Å². The van der Waals surface area contributed by atoms with Crippen molar-refractivity contribution in [2.45, 2.75) is 13.2 Å². The molecule has 0 saturated carbocycles. The van der Waals surface area contributed by atoms with E-state index in [1.165, 1.54) is 13.2 Å². The molecule has 1 aromatic heterocycles. The summed E-state index contributed by atoms with van der Waals surface area (Å²) in [5.41, 5.74) is 0.548. The van der Waals surface area contributed by atoms with E-state index >= 15 is 0 Å². The van der Waals surface area contributed by atoms with Gasteiger partial charge >= 0.3 is 6.61 Å². The molecule has 3 rings (SSSR count). The van der Waals surface area contributed by atoms with Gasteiger partial charge in [-0.3, -0.25) is 9.89 Å². The summed E-state index contributed by atoms with van der Waals surface area (Å²) >= 11 is 0. The van der Waals surface area contributed by atoms with E-state index in [0.717, 1.165) is 38.7 Å². The fraction of sp³-hybridized carbons (Fsp3) is 0.476. The minimum Gasteiger partial charge on any atom is -0.497 e. The summed E-state index contributed by atoms with van der Waals surface area (Å²) < 4.78 is 35.2. The van der Waals surface area contributed by atoms with Crippen LogP contribution in [0.15, 0.2) is 41.7 Å². The van der Waals surface area contributed by atoms with Gasteiger partial charge in [-0.1, -0.05) is 0 Å². The van der Waals surface area contributed by atoms with Crippen LogP contribution in [0.25, 0.3) is 0 Å². The largest absolute Gasteiger partial charge is 0.497 e. The molecule has 0 radical (unpaired) electrons. The maximum Gasteiger partial charge on any atom is 0.387 e. The first-order chi connectivity index (χ1) is 15.6. The molecule has 0 aliphatic carbocycles. The Morgan fingerprint density at radius 3 is 2.56 bits per heavy atom. The Morgan fingerprint density at radius 2 is 1.91 bits per heavy atom. The number of anilines is 1. The lowest BCUT2D eigenvalue weighted by Crippen LogP contribution is -2.49. The maximum atomic E-state index is 12.7. The second-order valence-corrected chi connectivity index (χ2v) is 7.08. The monoisotopic (exact) mass is 449 g/mol. The SMILES string of the molecule is CN=C(NCCN1CCN(c2ncccn2)CC1)NCc1cc(OC)ccc1OC(F)F. The minimum atomic E-state index is -2.89. The minimum absolute atomic E-state index is 0.101. The lowest BCUT2D eigenvalue weighted by molar-refractivity contribution is -0.0504. The first-order valence-corrected chi connectivity index (χ1v) is 10.4. The van der Waals surface area contributed by atoms with Gasteiger partial charge in [0.2, 0.25) is 5.95 Å². The summed E-state index contributed by atoms with van der Waals surface area (Å²) in [5, 5.41) is 6.39. The number of guanidine groups is 1. The van der Waals surface area contributed by atoms with Crippen LogP contribution in [-0.2, 0) is 6.54 Å². The first-order valence-electron chi connectivity index (χ1n) is 10.4. The predicted molar refractivity (Wildman–Crippen MR) is 119 cm³/mol. The zero-order valence-electron chi connectivity index (χ0n) is 18.3. The smallest absolute Gasteiger partial charge is 0.387 e. The van der Waals surface area contributed by atoms with Crippen molar-refractivity contribution in [2.24, 2.45) is 4.99 Å². The molecule has 174 valence electrons. The normalized spacial score (nSPS) is 15.0. The van der Waals surface area contributed by atoms with Crippen molar-refractivity contribution >= 4 is 11.9 Å². The molecule has 1 fully saturated rings. The van der Waals surface area contributed by atoms with Gasteiger partial charge in [0.05, 0.1) is 7.11 Å². The van der Waals surface area contributed by atoms with Crippen LogP contribution in [0.1, 0.15) is 5.56 Å². The number of aromatic nitrogens is 2. The Balaban J connectivity index is 1.43. The molecule has 11 heteroatoms. The molecule has 1 aliphatic rings. The van der Waals surface area contributed by atoms with E-state index in [-0.39, 0.29) is 12.3 Å². The highest BCUT2D eigenvalue weighted by Gasteiger charge is 2.18. The van der Waals surface area contributed by atoms with Gasteiger partial charge in [-0.05, 0) is 24.3 Å². The Bertz CT molecular complexity index is 862. The highest BCUT2D eigenvalue weighted by Crippen LogP contribution is 2.25. The van der Waals surface area contributed by atoms with Crippen molar-refractivity contribution < 1.29 is 18.3 Å². The predicted octanol–water partition coefficient (Wildman–Crippen LogP) is 1.57. The molecular formula is C21H29F2N7O2. The van der Waals surface area contributed by atoms with Gasteiger partial charge in [0.15, 0.2) is 5.96 Å². The van der Waals surface area contributed by atoms with Crippen LogP contribution < -0.4 is 25.0 Å². The molecule has 0 atom stereocenters. The van der Waals surface area contributed by atoms with Crippen LogP contribution in [0.5, 0.6) is 11.5 Å². The highest BCUT2D eigenvalue weighted by atomic mass is 19.3. The van der Waals surface area contributed by atoms with Crippen molar-refractivity contribution in [1.82, 2.24) is 25.5 Å². The van der Waals surface area contributed by atoms with Crippen molar-refractivity contribution in [2.75, 3.05) is 58.3 Å². The van der Waals surface area contributed by atoms with Crippen LogP contribution in [0, 0.1) is 0 Å². The van der Waals surface area contributed by atoms with Gasteiger partial charge in [-0.2, -0.15) is 8.78 Å². The quantitative estimate of drug-likeness (QED) is 0.441. The molecule has 0 unspecified atom stereocenters. The van der Waals surface area contributed by atoms with Crippen LogP contribution in [-0.4, -0.2) is 80.9 Å². The Hall–Kier alpha value is -3.21. The van der Waals surface area contributed by atoms with E-state index in [1.807, 2.05) is 6.07 Å². The fourth-order valence-corrected chi connectivity index (χ4v) is 3.39. The lowest BCUT2D eigenvalue weighted by Gasteiger charge is -2.34. The van der Waals surface area contributed by atoms with E-state index in [4.69, 9.17) is 4.74 Å². The fourth-order valence-electron chi connectivity index (χ4n) is 3.39. The molecule has 1 aliphatic heterocycles. The highest BCUT2D eigenvalue weighted by molar-refractivity contribution is 5.79. The molecular weight excluding hydrogens is 420 g/mol. The van der Waals surface area contributed by atoms with Crippen molar-refractivity contribution in [3.63, 3.8) is 0 Å². The molecule has 2 aromatic rings. The lowest BCUT2D eigenvalue weighted by atomic mass is 10.2. The summed E-state index contributed by atoms with van der Waals surface area (Å²) in [6, 6.07) is 6.53. The average molecular weight is 450 g/mol. The number of halogens is 2. The molecule has 0 spiro atoms. The van der Waals surface area contributed by atoms with Crippen LogP contribution in [0.3, 0.4) is 0 Å². The van der Waals surface area contributed by atoms with Gasteiger partial charge in [0.25, 0.3) is 0 Å². The third-order valence-electron chi connectivity index (χ3n) is 5.08. The number of ether oxygens (including phenoxy) is 2. The van der Waals surface area contributed by atoms with Crippen LogP contribution in [0.4, 0.5) is 14.7 Å². The number of hydrogen-bond donors (Lipinski definition) is 2. The van der Waals surface area contributed by atoms with Gasteiger partial charge in [-0.15, -0.1) is 0 Å². The zero-order chi connectivity index (χ0) is 22.8. The van der Waals surface area contributed by atoms with E-state index in [0.29, 0.717) is 23.8 Å². The molecule has 1 saturated heterocycles. The van der Waals surface area contributed by atoms with Gasteiger partial charge in [0, 0.05) is 70.8 Å². The summed E-state index contributed by atoms with van der Waals surface area (Å²) in [6.45, 7) is 2.50. The van der Waals surface area contributed by atoms with E-state index < -0.39 is 6.61 Å². The van der Waals surface area contributed by atoms with E-state index in [1.54, 1.807) is 31.6 Å². The number of hydrogen-bond acceptors (Lipinski definition) is 7. The van der Waals surface area contributed by atoms with Gasteiger partial charge in [0.1, 0.15) is 11.5 Å². The third kappa shape index (κ3) is 6.91. The Labute approximate surface area is 186 Å². The molecule has 0 amide bonds. The standard InChI is InChI=1S/C21H29F2N7O2/c1-24-20(28-15-16-14-17(31-2)4-5-18(16)32-19(22)23)25-8-9-29-10-12-30(13-11-29)21-26-6-3-7-27-21/h3-7,14,19H,8-13,15H2,1-2H3,(H2,24,25,28). The number of rotatable bonds is 9. The second-order valence-electron chi connectivity index (χ2n) is 7.08. The third-order valence-corrected chi connectivity index (χ3v) is 5.08. The summed E-state index contributed by atoms with van der Waals surface area (Å²) in [7, 11) is 3.18. The van der Waals surface area contributed by atoms with Crippen LogP contribution >= 0.6 is 0 Å². The molecule has 2 N–H and O–H groups in total. The second kappa shape index (κ2) is 12.0. The summed E-state index contributed by atoms with van der Waals surface area (Å²) in [4.78, 5) is 17.3. The molecule has 0 bridgehead atoms. The Kier molecular flexibility index (Phi) is 8.79. The van der Waals surface area contributed by atoms with E-state index in [2.05, 4.69) is 40.1 Å². The number of aliphatic imine (C=N–C) groups is 1. The number of nitrogens with one attached hydrogen (secondary N) is 2. The molecule has 1 aromatic carbocycles. The van der Waals surface area contributed by atoms with Gasteiger partial charge < -0.3 is 25.0 Å². The molecule has 32 heavy (non-hydrogen) atoms. The first kappa shape index (κ1) is 23.5. The van der Waals surface area contributed by atoms with Crippen LogP contribution in [0.2, 0.25) is 0 Å². The molecule has 9 nitrogen and oxygen atoms in total. The number of benzene rings is 1. The van der Waals surface area contributed by atoms with Gasteiger partial charge in [-0.25, -0.2) is 9.97 Å². The number of nitrogens with zero attached hydrogens (tertiary/aromatic N) is 5. The van der Waals surface area contributed by atoms with Crippen molar-refractivity contribution in [1.29, 1.82) is 0 Å². The summed E-state index contributed by atoms with van der Waals surface area (Å²) in [6.07, 6.45) is 3.51.